The number of carbonyl (C=O) groups excluding carboxylic acids is 1. The van der Waals surface area contributed by atoms with E-state index < -0.39 is 0 Å². The third-order valence-electron chi connectivity index (χ3n) is 2.93. The van der Waals surface area contributed by atoms with Gasteiger partial charge in [-0.05, 0) is 31.2 Å². The molecule has 100 valence electrons. The Morgan fingerprint density at radius 2 is 2.21 bits per heavy atom. The van der Waals surface area contributed by atoms with Crippen LogP contribution in [0.1, 0.15) is 21.7 Å². The molecule has 1 amide bonds. The number of aromatic nitrogens is 2. The highest BCUT2D eigenvalue weighted by Crippen LogP contribution is 2.12. The highest BCUT2D eigenvalue weighted by molar-refractivity contribution is 5.94. The molecule has 19 heavy (non-hydrogen) atoms. The number of nitrogens with one attached hydrogen (secondary N) is 1. The lowest BCUT2D eigenvalue weighted by Gasteiger charge is -2.05. The average Bonchev–Trinajstić information content (AvgIpc) is 2.75. The molecule has 1 aromatic heterocycles. The van der Waals surface area contributed by atoms with E-state index in [2.05, 4.69) is 10.4 Å². The largest absolute Gasteiger partial charge is 0.497 e. The van der Waals surface area contributed by atoms with Crippen molar-refractivity contribution in [3.8, 4) is 5.75 Å². The van der Waals surface area contributed by atoms with E-state index in [4.69, 9.17) is 4.74 Å². The second-order valence-electron chi connectivity index (χ2n) is 4.32. The zero-order valence-corrected chi connectivity index (χ0v) is 11.3. The molecule has 0 bridgehead atoms. The van der Waals surface area contributed by atoms with Crippen LogP contribution in [-0.2, 0) is 13.6 Å². The summed E-state index contributed by atoms with van der Waals surface area (Å²) < 4.78 is 6.88. The van der Waals surface area contributed by atoms with Gasteiger partial charge in [0.1, 0.15) is 5.75 Å². The van der Waals surface area contributed by atoms with Crippen LogP contribution in [0.25, 0.3) is 0 Å². The Balaban J connectivity index is 2.00. The fraction of sp³-hybridized carbons (Fsp3) is 0.286. The summed E-state index contributed by atoms with van der Waals surface area (Å²) in [4.78, 5) is 12.0. The van der Waals surface area contributed by atoms with Crippen molar-refractivity contribution in [2.45, 2.75) is 13.5 Å². The summed E-state index contributed by atoms with van der Waals surface area (Å²) in [5.74, 6) is 0.531. The average molecular weight is 259 g/mol. The Morgan fingerprint density at radius 1 is 1.42 bits per heavy atom. The Hall–Kier alpha value is -2.30. The van der Waals surface area contributed by atoms with Gasteiger partial charge in [0.05, 0.1) is 19.3 Å². The predicted molar refractivity (Wildman–Crippen MR) is 72.1 cm³/mol. The summed E-state index contributed by atoms with van der Waals surface area (Å²) in [6.07, 6.45) is 0. The lowest BCUT2D eigenvalue weighted by Crippen LogP contribution is -2.23. The number of methoxy groups -OCH3 is 1. The molecule has 0 saturated carbocycles. The molecule has 2 rings (SSSR count). The molecule has 1 N–H and O–H groups in total. The summed E-state index contributed by atoms with van der Waals surface area (Å²) in [7, 11) is 3.45. The summed E-state index contributed by atoms with van der Waals surface area (Å²) in [5, 5.41) is 7.12. The van der Waals surface area contributed by atoms with E-state index in [9.17, 15) is 4.79 Å². The predicted octanol–water partition coefficient (Wildman–Crippen LogP) is 1.67. The van der Waals surface area contributed by atoms with Crippen LogP contribution in [0.4, 0.5) is 0 Å². The normalized spacial score (nSPS) is 10.3. The molecular formula is C14H17N3O2. The Kier molecular flexibility index (Phi) is 3.85. The Morgan fingerprint density at radius 3 is 2.84 bits per heavy atom. The van der Waals surface area contributed by atoms with Gasteiger partial charge in [0.15, 0.2) is 0 Å². The SMILES string of the molecule is COc1cccc(C(=O)NCc2cc(C)n(C)n2)c1. The van der Waals surface area contributed by atoms with Gasteiger partial charge in [-0.1, -0.05) is 6.07 Å². The first kappa shape index (κ1) is 13.1. The van der Waals surface area contributed by atoms with E-state index in [0.29, 0.717) is 17.9 Å². The maximum absolute atomic E-state index is 12.0. The molecule has 0 saturated heterocycles. The molecule has 0 atom stereocenters. The van der Waals surface area contributed by atoms with Crippen molar-refractivity contribution in [1.82, 2.24) is 15.1 Å². The number of benzene rings is 1. The van der Waals surface area contributed by atoms with Gasteiger partial charge in [0, 0.05) is 18.3 Å². The highest BCUT2D eigenvalue weighted by Gasteiger charge is 2.08. The number of rotatable bonds is 4. The third-order valence-corrected chi connectivity index (χ3v) is 2.93. The van der Waals surface area contributed by atoms with E-state index in [1.54, 1.807) is 36.1 Å². The molecule has 0 unspecified atom stereocenters. The second-order valence-corrected chi connectivity index (χ2v) is 4.32. The number of hydrogen-bond donors (Lipinski definition) is 1. The standard InChI is InChI=1S/C14H17N3O2/c1-10-7-12(16-17(10)2)9-15-14(18)11-5-4-6-13(8-11)19-3/h4-8H,9H2,1-3H3,(H,15,18). The molecule has 0 fully saturated rings. The van der Waals surface area contributed by atoms with Crippen molar-refractivity contribution in [2.24, 2.45) is 7.05 Å². The van der Waals surface area contributed by atoms with Crippen molar-refractivity contribution < 1.29 is 9.53 Å². The molecule has 5 heteroatoms. The minimum Gasteiger partial charge on any atom is -0.497 e. The molecule has 5 nitrogen and oxygen atoms in total. The number of amides is 1. The fourth-order valence-electron chi connectivity index (χ4n) is 1.76. The second kappa shape index (κ2) is 5.56. The molecule has 0 radical (unpaired) electrons. The minimum atomic E-state index is -0.137. The third kappa shape index (κ3) is 3.13. The number of nitrogens with zero attached hydrogens (tertiary/aromatic N) is 2. The van der Waals surface area contributed by atoms with E-state index >= 15 is 0 Å². The van der Waals surface area contributed by atoms with Gasteiger partial charge in [-0.15, -0.1) is 0 Å². The van der Waals surface area contributed by atoms with Gasteiger partial charge < -0.3 is 10.1 Å². The monoisotopic (exact) mass is 259 g/mol. The lowest BCUT2D eigenvalue weighted by atomic mass is 10.2. The first-order valence-electron chi connectivity index (χ1n) is 6.02. The van der Waals surface area contributed by atoms with Crippen LogP contribution in [0, 0.1) is 6.92 Å². The Labute approximate surface area is 112 Å². The first-order valence-corrected chi connectivity index (χ1v) is 6.02. The van der Waals surface area contributed by atoms with Gasteiger partial charge >= 0.3 is 0 Å². The molecule has 0 aliphatic carbocycles. The number of carbonyl (C=O) groups is 1. The van der Waals surface area contributed by atoms with Crippen molar-refractivity contribution in [2.75, 3.05) is 7.11 Å². The quantitative estimate of drug-likeness (QED) is 0.908. The van der Waals surface area contributed by atoms with Crippen molar-refractivity contribution in [3.63, 3.8) is 0 Å². The van der Waals surface area contributed by atoms with Crippen LogP contribution >= 0.6 is 0 Å². The number of hydrogen-bond acceptors (Lipinski definition) is 3. The molecule has 1 heterocycles. The zero-order valence-electron chi connectivity index (χ0n) is 11.3. The first-order chi connectivity index (χ1) is 9.10. The van der Waals surface area contributed by atoms with Crippen molar-refractivity contribution in [1.29, 1.82) is 0 Å². The molecule has 2 aromatic rings. The fourth-order valence-corrected chi connectivity index (χ4v) is 1.76. The van der Waals surface area contributed by atoms with Crippen molar-refractivity contribution >= 4 is 5.91 Å². The van der Waals surface area contributed by atoms with Gasteiger partial charge in [0.2, 0.25) is 0 Å². The summed E-state index contributed by atoms with van der Waals surface area (Å²) >= 11 is 0. The van der Waals surface area contributed by atoms with Gasteiger partial charge in [-0.2, -0.15) is 5.10 Å². The van der Waals surface area contributed by atoms with E-state index in [1.165, 1.54) is 0 Å². The van der Waals surface area contributed by atoms with E-state index in [1.807, 2.05) is 20.0 Å². The van der Waals surface area contributed by atoms with Gasteiger partial charge in [-0.3, -0.25) is 9.48 Å². The van der Waals surface area contributed by atoms with E-state index in [-0.39, 0.29) is 5.91 Å². The van der Waals surface area contributed by atoms with Crippen LogP contribution in [0.2, 0.25) is 0 Å². The van der Waals surface area contributed by atoms with Crippen LogP contribution < -0.4 is 10.1 Å². The molecule has 0 aliphatic rings. The van der Waals surface area contributed by atoms with E-state index in [0.717, 1.165) is 11.4 Å². The number of aryl methyl sites for hydroxylation is 2. The summed E-state index contributed by atoms with van der Waals surface area (Å²) in [6, 6.07) is 9.00. The zero-order chi connectivity index (χ0) is 13.8. The molecule has 1 aromatic carbocycles. The lowest BCUT2D eigenvalue weighted by molar-refractivity contribution is 0.0950. The van der Waals surface area contributed by atoms with Gasteiger partial charge in [-0.25, -0.2) is 0 Å². The smallest absolute Gasteiger partial charge is 0.251 e. The van der Waals surface area contributed by atoms with Crippen LogP contribution in [-0.4, -0.2) is 22.8 Å². The maximum atomic E-state index is 12.0. The summed E-state index contributed by atoms with van der Waals surface area (Å²) in [5.41, 5.74) is 2.48. The number of ether oxygens (including phenoxy) is 1. The topological polar surface area (TPSA) is 56.1 Å². The molecular weight excluding hydrogens is 242 g/mol. The van der Waals surface area contributed by atoms with Crippen LogP contribution in [0.15, 0.2) is 30.3 Å². The van der Waals surface area contributed by atoms with Crippen molar-refractivity contribution in [3.05, 3.63) is 47.3 Å². The van der Waals surface area contributed by atoms with Gasteiger partial charge in [0.25, 0.3) is 5.91 Å². The molecule has 0 aliphatic heterocycles. The Bertz CT molecular complexity index is 571. The van der Waals surface area contributed by atoms with Crippen LogP contribution in [0.5, 0.6) is 5.75 Å². The highest BCUT2D eigenvalue weighted by atomic mass is 16.5. The van der Waals surface area contributed by atoms with Crippen LogP contribution in [0.3, 0.4) is 0 Å². The molecule has 0 spiro atoms. The maximum Gasteiger partial charge on any atom is 0.251 e. The summed E-state index contributed by atoms with van der Waals surface area (Å²) in [6.45, 7) is 2.39. The minimum absolute atomic E-state index is 0.137.